The number of hydrogen-bond donors (Lipinski definition) is 2. The molecule has 0 fully saturated rings. The lowest BCUT2D eigenvalue weighted by atomic mass is 10.0. The molecule has 0 saturated heterocycles. The fourth-order valence-corrected chi connectivity index (χ4v) is 3.37. The maximum absolute atomic E-state index is 13.1. The maximum atomic E-state index is 13.1. The van der Waals surface area contributed by atoms with Crippen LogP contribution in [0.5, 0.6) is 17.2 Å². The largest absolute Gasteiger partial charge is 0.493 e. The Morgan fingerprint density at radius 3 is 2.21 bits per heavy atom. The van der Waals surface area contributed by atoms with Crippen molar-refractivity contribution in [3.63, 3.8) is 0 Å². The Bertz CT molecular complexity index is 1190. The number of rotatable bonds is 8. The van der Waals surface area contributed by atoms with Gasteiger partial charge in [0, 0.05) is 30.3 Å². The summed E-state index contributed by atoms with van der Waals surface area (Å²) in [6.07, 6.45) is 0. The molecule has 0 aromatic heterocycles. The number of nitriles is 1. The van der Waals surface area contributed by atoms with Gasteiger partial charge in [-0.1, -0.05) is 24.3 Å². The second-order valence-corrected chi connectivity index (χ2v) is 6.96. The van der Waals surface area contributed by atoms with Crippen molar-refractivity contribution in [1.82, 2.24) is 10.6 Å². The van der Waals surface area contributed by atoms with Gasteiger partial charge >= 0.3 is 0 Å². The van der Waals surface area contributed by atoms with Gasteiger partial charge in [-0.25, -0.2) is 4.99 Å². The van der Waals surface area contributed by atoms with Crippen molar-refractivity contribution >= 4 is 23.3 Å². The lowest BCUT2D eigenvalue weighted by Gasteiger charge is -2.14. The summed E-state index contributed by atoms with van der Waals surface area (Å²) in [5.74, 6) is 0.138. The van der Waals surface area contributed by atoms with Crippen LogP contribution in [0, 0.1) is 11.3 Å². The van der Waals surface area contributed by atoms with Gasteiger partial charge in [-0.05, 0) is 12.1 Å². The molecule has 0 atom stereocenters. The predicted octanol–water partition coefficient (Wildman–Crippen LogP) is 1.90. The molecule has 34 heavy (non-hydrogen) atoms. The molecule has 2 aromatic rings. The first-order valence-electron chi connectivity index (χ1n) is 10.2. The number of amides is 2. The molecule has 10 nitrogen and oxygen atoms in total. The van der Waals surface area contributed by atoms with Crippen LogP contribution in [0.3, 0.4) is 0 Å². The van der Waals surface area contributed by atoms with Gasteiger partial charge in [0.15, 0.2) is 11.5 Å². The molecule has 0 aliphatic carbocycles. The van der Waals surface area contributed by atoms with E-state index in [9.17, 15) is 14.9 Å². The van der Waals surface area contributed by atoms with Crippen molar-refractivity contribution in [2.75, 3.05) is 41.6 Å². The number of amidine groups is 1. The number of benzene rings is 2. The van der Waals surface area contributed by atoms with Crippen LogP contribution in [0.2, 0.25) is 0 Å². The van der Waals surface area contributed by atoms with E-state index in [-0.39, 0.29) is 29.2 Å². The number of aliphatic imine (C=N–C) groups is 1. The highest BCUT2D eigenvalue weighted by molar-refractivity contribution is 6.20. The van der Waals surface area contributed by atoms with Crippen LogP contribution in [0.4, 0.5) is 0 Å². The molecule has 3 rings (SSSR count). The smallest absolute Gasteiger partial charge is 0.264 e. The fourth-order valence-electron chi connectivity index (χ4n) is 3.37. The third-order valence-corrected chi connectivity index (χ3v) is 4.99. The molecular weight excluding hydrogens is 440 g/mol. The van der Waals surface area contributed by atoms with Crippen molar-refractivity contribution in [2.24, 2.45) is 4.99 Å². The number of fused-ring (bicyclic) bond motifs is 1. The van der Waals surface area contributed by atoms with Crippen LogP contribution in [0.25, 0.3) is 5.70 Å². The van der Waals surface area contributed by atoms with Crippen molar-refractivity contribution in [1.29, 1.82) is 5.26 Å². The normalized spacial score (nSPS) is 13.2. The van der Waals surface area contributed by atoms with E-state index >= 15 is 0 Å². The molecule has 2 aromatic carbocycles. The van der Waals surface area contributed by atoms with Gasteiger partial charge in [-0.2, -0.15) is 5.26 Å². The van der Waals surface area contributed by atoms with Gasteiger partial charge < -0.3 is 29.6 Å². The average molecular weight is 464 g/mol. The van der Waals surface area contributed by atoms with Gasteiger partial charge in [0.1, 0.15) is 17.5 Å². The van der Waals surface area contributed by atoms with Gasteiger partial charge in [0.05, 0.1) is 33.6 Å². The van der Waals surface area contributed by atoms with E-state index in [4.69, 9.17) is 18.9 Å². The number of hydrogen-bond acceptors (Lipinski definition) is 8. The minimum Gasteiger partial charge on any atom is -0.493 e. The standard InChI is InChI=1S/C24H24N4O6/c1-31-10-9-26-24(30)17(13-25)20-15-7-5-6-8-16(15)22(27-20)28-23(29)14-11-18(32-2)21(34-4)19(12-14)33-3/h5-8,11-12H,9-10H2,1-4H3,(H,26,30)(H,27,28,29)/b20-17-. The molecule has 1 aliphatic rings. The summed E-state index contributed by atoms with van der Waals surface area (Å²) in [5, 5.41) is 15.0. The van der Waals surface area contributed by atoms with Crippen LogP contribution in [-0.2, 0) is 9.53 Å². The summed E-state index contributed by atoms with van der Waals surface area (Å²) in [6, 6.07) is 12.0. The molecule has 176 valence electrons. The third kappa shape index (κ3) is 4.84. The second-order valence-electron chi connectivity index (χ2n) is 6.96. The van der Waals surface area contributed by atoms with Gasteiger partial charge in [-0.15, -0.1) is 0 Å². The number of carbonyl (C=O) groups excluding carboxylic acids is 2. The molecule has 1 aliphatic heterocycles. The topological polar surface area (TPSA) is 131 Å². The Morgan fingerprint density at radius 2 is 1.65 bits per heavy atom. The monoisotopic (exact) mass is 464 g/mol. The molecule has 0 radical (unpaired) electrons. The lowest BCUT2D eigenvalue weighted by Crippen LogP contribution is -2.30. The molecular formula is C24H24N4O6. The quantitative estimate of drug-likeness (QED) is 0.346. The Hall–Kier alpha value is -4.36. The van der Waals surface area contributed by atoms with Gasteiger partial charge in [-0.3, -0.25) is 9.59 Å². The molecule has 0 saturated carbocycles. The summed E-state index contributed by atoms with van der Waals surface area (Å²) in [7, 11) is 5.88. The number of ether oxygens (including phenoxy) is 4. The van der Waals surface area contributed by atoms with E-state index in [1.165, 1.54) is 40.6 Å². The van der Waals surface area contributed by atoms with Crippen LogP contribution in [0.1, 0.15) is 21.5 Å². The van der Waals surface area contributed by atoms with E-state index in [1.807, 2.05) is 6.07 Å². The predicted molar refractivity (Wildman–Crippen MR) is 124 cm³/mol. The highest BCUT2D eigenvalue weighted by atomic mass is 16.5. The minimum absolute atomic E-state index is 0.166. The first-order chi connectivity index (χ1) is 16.5. The molecule has 0 spiro atoms. The summed E-state index contributed by atoms with van der Waals surface area (Å²) in [6.45, 7) is 0.541. The molecule has 10 heteroatoms. The lowest BCUT2D eigenvalue weighted by molar-refractivity contribution is -0.117. The SMILES string of the molecule is COCCNC(=O)/C(C#N)=C1\N=C(NC(=O)c2cc(OC)c(OC)c(OC)c2)c2ccccc21. The van der Waals surface area contributed by atoms with Gasteiger partial charge in [0.25, 0.3) is 11.8 Å². The Kier molecular flexibility index (Phi) is 7.84. The van der Waals surface area contributed by atoms with Crippen LogP contribution >= 0.6 is 0 Å². The summed E-state index contributed by atoms with van der Waals surface area (Å²) in [5.41, 5.74) is 1.38. The third-order valence-electron chi connectivity index (χ3n) is 4.99. The zero-order valence-electron chi connectivity index (χ0n) is 19.2. The first-order valence-corrected chi connectivity index (χ1v) is 10.2. The second kappa shape index (κ2) is 11.0. The Morgan fingerprint density at radius 1 is 1.00 bits per heavy atom. The first kappa shape index (κ1) is 24.3. The van der Waals surface area contributed by atoms with Crippen molar-refractivity contribution in [3.05, 3.63) is 58.7 Å². The number of methoxy groups -OCH3 is 4. The summed E-state index contributed by atoms with van der Waals surface area (Å²) in [4.78, 5) is 30.1. The maximum Gasteiger partial charge on any atom is 0.264 e. The molecule has 0 bridgehead atoms. The highest BCUT2D eigenvalue weighted by Gasteiger charge is 2.27. The van der Waals surface area contributed by atoms with E-state index in [1.54, 1.807) is 24.3 Å². The van der Waals surface area contributed by atoms with Crippen LogP contribution in [-0.4, -0.2) is 59.2 Å². The van der Waals surface area contributed by atoms with Crippen molar-refractivity contribution in [3.8, 4) is 23.3 Å². The van der Waals surface area contributed by atoms with Crippen LogP contribution in [0.15, 0.2) is 47.0 Å². The zero-order chi connectivity index (χ0) is 24.7. The zero-order valence-corrected chi connectivity index (χ0v) is 19.2. The average Bonchev–Trinajstić information content (AvgIpc) is 3.21. The Balaban J connectivity index is 1.98. The fraction of sp³-hybridized carbons (Fsp3) is 0.250. The molecule has 2 amide bonds. The molecule has 2 N–H and O–H groups in total. The van der Waals surface area contributed by atoms with Gasteiger partial charge in [0.2, 0.25) is 5.75 Å². The van der Waals surface area contributed by atoms with E-state index in [2.05, 4.69) is 15.6 Å². The summed E-state index contributed by atoms with van der Waals surface area (Å²) >= 11 is 0. The summed E-state index contributed by atoms with van der Waals surface area (Å²) < 4.78 is 20.8. The molecule has 0 unspecified atom stereocenters. The van der Waals surface area contributed by atoms with E-state index in [0.29, 0.717) is 35.0 Å². The van der Waals surface area contributed by atoms with Crippen LogP contribution < -0.4 is 24.8 Å². The van der Waals surface area contributed by atoms with Crippen molar-refractivity contribution in [2.45, 2.75) is 0 Å². The minimum atomic E-state index is -0.578. The van der Waals surface area contributed by atoms with E-state index < -0.39 is 11.8 Å². The van der Waals surface area contributed by atoms with Crippen molar-refractivity contribution < 1.29 is 28.5 Å². The molecule has 1 heterocycles. The van der Waals surface area contributed by atoms with E-state index in [0.717, 1.165) is 0 Å². The number of carbonyl (C=O) groups is 2. The highest BCUT2D eigenvalue weighted by Crippen LogP contribution is 2.38. The number of nitrogens with zero attached hydrogens (tertiary/aromatic N) is 2. The Labute approximate surface area is 196 Å². The number of nitrogens with one attached hydrogen (secondary N) is 2.